The molecule has 0 aromatic heterocycles. The molecule has 0 saturated carbocycles. The minimum absolute atomic E-state index is 0.343. The SMILES string of the molecule is NC(=O)C=CCCC(c1ccccc1)c1ccccc1. The van der Waals surface area contributed by atoms with Crippen LogP contribution in [0.15, 0.2) is 72.8 Å². The topological polar surface area (TPSA) is 43.1 Å². The van der Waals surface area contributed by atoms with Gasteiger partial charge in [-0.15, -0.1) is 0 Å². The van der Waals surface area contributed by atoms with E-state index >= 15 is 0 Å². The molecular formula is C18H19NO. The quantitative estimate of drug-likeness (QED) is 0.796. The molecule has 2 nitrogen and oxygen atoms in total. The molecular weight excluding hydrogens is 246 g/mol. The Kier molecular flexibility index (Phi) is 5.13. The molecule has 2 heteroatoms. The molecule has 102 valence electrons. The Balaban J connectivity index is 2.15. The first-order valence-electron chi connectivity index (χ1n) is 6.83. The van der Waals surface area contributed by atoms with Crippen LogP contribution in [0.25, 0.3) is 0 Å². The van der Waals surface area contributed by atoms with Crippen LogP contribution in [0.5, 0.6) is 0 Å². The largest absolute Gasteiger partial charge is 0.366 e. The number of amides is 1. The fourth-order valence-corrected chi connectivity index (χ4v) is 2.36. The van der Waals surface area contributed by atoms with Crippen LogP contribution in [0.2, 0.25) is 0 Å². The lowest BCUT2D eigenvalue weighted by atomic mass is 9.87. The molecule has 0 atom stereocenters. The van der Waals surface area contributed by atoms with Gasteiger partial charge in [-0.1, -0.05) is 66.7 Å². The third-order valence-electron chi connectivity index (χ3n) is 3.31. The molecule has 0 spiro atoms. The van der Waals surface area contributed by atoms with Gasteiger partial charge >= 0.3 is 0 Å². The van der Waals surface area contributed by atoms with Gasteiger partial charge in [0.25, 0.3) is 0 Å². The molecule has 0 radical (unpaired) electrons. The summed E-state index contributed by atoms with van der Waals surface area (Å²) in [5, 5.41) is 0. The summed E-state index contributed by atoms with van der Waals surface area (Å²) in [5.41, 5.74) is 7.70. The number of allylic oxidation sites excluding steroid dienone is 1. The highest BCUT2D eigenvalue weighted by atomic mass is 16.1. The molecule has 2 N–H and O–H groups in total. The number of nitrogens with two attached hydrogens (primary N) is 1. The van der Waals surface area contributed by atoms with E-state index in [0.29, 0.717) is 5.92 Å². The Bertz CT molecular complexity index is 521. The molecule has 0 aliphatic heterocycles. The van der Waals surface area contributed by atoms with Gasteiger partial charge in [-0.2, -0.15) is 0 Å². The second-order valence-electron chi connectivity index (χ2n) is 4.76. The number of rotatable bonds is 6. The zero-order chi connectivity index (χ0) is 14.2. The second kappa shape index (κ2) is 7.29. The van der Waals surface area contributed by atoms with Crippen molar-refractivity contribution in [3.63, 3.8) is 0 Å². The molecule has 20 heavy (non-hydrogen) atoms. The Hall–Kier alpha value is -2.35. The lowest BCUT2D eigenvalue weighted by Gasteiger charge is -2.17. The standard InChI is InChI=1S/C18H19NO/c19-18(20)14-8-7-13-17(15-9-3-1-4-10-15)16-11-5-2-6-12-16/h1-6,8-12,14,17H,7,13H2,(H2,19,20). The van der Waals surface area contributed by atoms with E-state index in [4.69, 9.17) is 5.73 Å². The van der Waals surface area contributed by atoms with E-state index in [2.05, 4.69) is 48.5 Å². The van der Waals surface area contributed by atoms with Crippen LogP contribution in [-0.4, -0.2) is 5.91 Å². The van der Waals surface area contributed by atoms with Crippen LogP contribution in [0.4, 0.5) is 0 Å². The highest BCUT2D eigenvalue weighted by Crippen LogP contribution is 2.29. The van der Waals surface area contributed by atoms with Crippen LogP contribution in [0, 0.1) is 0 Å². The van der Waals surface area contributed by atoms with Gasteiger partial charge in [0.05, 0.1) is 0 Å². The molecule has 2 aromatic carbocycles. The first kappa shape index (κ1) is 14.1. The third-order valence-corrected chi connectivity index (χ3v) is 3.31. The van der Waals surface area contributed by atoms with Gasteiger partial charge in [-0.05, 0) is 30.0 Å². The van der Waals surface area contributed by atoms with Crippen molar-refractivity contribution >= 4 is 5.91 Å². The van der Waals surface area contributed by atoms with Crippen molar-refractivity contribution in [2.24, 2.45) is 5.73 Å². The van der Waals surface area contributed by atoms with Crippen LogP contribution in [-0.2, 0) is 4.79 Å². The van der Waals surface area contributed by atoms with E-state index < -0.39 is 0 Å². The lowest BCUT2D eigenvalue weighted by Crippen LogP contribution is -2.05. The third kappa shape index (κ3) is 4.09. The predicted octanol–water partition coefficient (Wildman–Crippen LogP) is 3.64. The summed E-state index contributed by atoms with van der Waals surface area (Å²) in [6, 6.07) is 20.9. The fraction of sp³-hybridized carbons (Fsp3) is 0.167. The van der Waals surface area contributed by atoms with Crippen molar-refractivity contribution in [2.75, 3.05) is 0 Å². The Morgan fingerprint density at radius 1 is 0.950 bits per heavy atom. The van der Waals surface area contributed by atoms with Crippen molar-refractivity contribution < 1.29 is 4.79 Å². The monoisotopic (exact) mass is 265 g/mol. The summed E-state index contributed by atoms with van der Waals surface area (Å²) in [4.78, 5) is 10.7. The number of benzene rings is 2. The Morgan fingerprint density at radius 3 is 1.90 bits per heavy atom. The van der Waals surface area contributed by atoms with Crippen molar-refractivity contribution in [1.82, 2.24) is 0 Å². The average Bonchev–Trinajstić information content (AvgIpc) is 2.49. The molecule has 2 rings (SSSR count). The Labute approximate surface area is 119 Å². The van der Waals surface area contributed by atoms with Crippen molar-refractivity contribution in [3.8, 4) is 0 Å². The predicted molar refractivity (Wildman–Crippen MR) is 82.3 cm³/mol. The number of primary amides is 1. The van der Waals surface area contributed by atoms with E-state index in [1.54, 1.807) is 0 Å². The number of carbonyl (C=O) groups is 1. The summed E-state index contributed by atoms with van der Waals surface area (Å²) in [7, 11) is 0. The maximum Gasteiger partial charge on any atom is 0.241 e. The van der Waals surface area contributed by atoms with E-state index in [1.807, 2.05) is 18.2 Å². The summed E-state index contributed by atoms with van der Waals surface area (Å²) in [5.74, 6) is -0.0455. The van der Waals surface area contributed by atoms with Gasteiger partial charge in [0, 0.05) is 5.92 Å². The van der Waals surface area contributed by atoms with E-state index in [0.717, 1.165) is 12.8 Å². The van der Waals surface area contributed by atoms with Gasteiger partial charge in [0.2, 0.25) is 5.91 Å². The van der Waals surface area contributed by atoms with Gasteiger partial charge in [-0.25, -0.2) is 0 Å². The first-order chi connectivity index (χ1) is 9.77. The average molecular weight is 265 g/mol. The highest BCUT2D eigenvalue weighted by Gasteiger charge is 2.12. The van der Waals surface area contributed by atoms with Crippen molar-refractivity contribution in [1.29, 1.82) is 0 Å². The molecule has 1 amide bonds. The van der Waals surface area contributed by atoms with Crippen LogP contribution in [0.3, 0.4) is 0 Å². The number of carbonyl (C=O) groups excluding carboxylic acids is 1. The molecule has 0 aliphatic carbocycles. The zero-order valence-electron chi connectivity index (χ0n) is 11.4. The molecule has 0 heterocycles. The minimum atomic E-state index is -0.388. The van der Waals surface area contributed by atoms with Gasteiger partial charge in [0.15, 0.2) is 0 Å². The first-order valence-corrected chi connectivity index (χ1v) is 6.83. The lowest BCUT2D eigenvalue weighted by molar-refractivity contribution is -0.113. The molecule has 0 bridgehead atoms. The summed E-state index contributed by atoms with van der Waals surface area (Å²) in [6.45, 7) is 0. The van der Waals surface area contributed by atoms with Crippen LogP contribution >= 0.6 is 0 Å². The van der Waals surface area contributed by atoms with Crippen LogP contribution < -0.4 is 5.73 Å². The van der Waals surface area contributed by atoms with Crippen LogP contribution in [0.1, 0.15) is 29.9 Å². The highest BCUT2D eigenvalue weighted by molar-refractivity contribution is 5.85. The minimum Gasteiger partial charge on any atom is -0.366 e. The van der Waals surface area contributed by atoms with E-state index in [1.165, 1.54) is 17.2 Å². The maximum atomic E-state index is 10.7. The number of hydrogen-bond acceptors (Lipinski definition) is 1. The summed E-state index contributed by atoms with van der Waals surface area (Å²) >= 11 is 0. The van der Waals surface area contributed by atoms with E-state index in [9.17, 15) is 4.79 Å². The summed E-state index contributed by atoms with van der Waals surface area (Å²) in [6.07, 6.45) is 5.07. The molecule has 0 unspecified atom stereocenters. The number of hydrogen-bond donors (Lipinski definition) is 1. The molecule has 0 saturated heterocycles. The second-order valence-corrected chi connectivity index (χ2v) is 4.76. The van der Waals surface area contributed by atoms with Crippen molar-refractivity contribution in [2.45, 2.75) is 18.8 Å². The smallest absolute Gasteiger partial charge is 0.241 e. The fourth-order valence-electron chi connectivity index (χ4n) is 2.36. The van der Waals surface area contributed by atoms with Crippen molar-refractivity contribution in [3.05, 3.63) is 83.9 Å². The van der Waals surface area contributed by atoms with E-state index in [-0.39, 0.29) is 5.91 Å². The summed E-state index contributed by atoms with van der Waals surface area (Å²) < 4.78 is 0. The normalized spacial score (nSPS) is 11.1. The van der Waals surface area contributed by atoms with Gasteiger partial charge in [-0.3, -0.25) is 4.79 Å². The Morgan fingerprint density at radius 2 is 1.45 bits per heavy atom. The molecule has 2 aromatic rings. The molecule has 0 fully saturated rings. The maximum absolute atomic E-state index is 10.7. The van der Waals surface area contributed by atoms with Gasteiger partial charge < -0.3 is 5.73 Å². The zero-order valence-corrected chi connectivity index (χ0v) is 11.4. The van der Waals surface area contributed by atoms with Gasteiger partial charge in [0.1, 0.15) is 0 Å². The molecule has 0 aliphatic rings.